The molecule has 172 valence electrons. The fourth-order valence-corrected chi connectivity index (χ4v) is 4.49. The molecule has 4 rings (SSSR count). The first-order chi connectivity index (χ1) is 15.9. The van der Waals surface area contributed by atoms with Gasteiger partial charge in [0.05, 0.1) is 29.8 Å². The first-order valence-corrected chi connectivity index (χ1v) is 11.6. The lowest BCUT2D eigenvalue weighted by molar-refractivity contribution is -0.113. The Balaban J connectivity index is 1.38. The topological polar surface area (TPSA) is 87.3 Å². The van der Waals surface area contributed by atoms with E-state index in [4.69, 9.17) is 16.3 Å². The number of nitrogens with zero attached hydrogens (tertiary/aromatic N) is 2. The lowest BCUT2D eigenvalue weighted by Gasteiger charge is -2.28. The minimum atomic E-state index is -0.612. The highest BCUT2D eigenvalue weighted by Crippen LogP contribution is 2.24. The summed E-state index contributed by atoms with van der Waals surface area (Å²) in [6.45, 7) is 1.90. The normalized spacial score (nSPS) is 13.4. The SMILES string of the molecule is COc1ccccc1CN1CCc2nc(SCC(=O)Nc3ccc(Cl)cc3F)[nH]c(=O)c2C1. The fraction of sp³-hybridized carbons (Fsp3) is 0.261. The summed E-state index contributed by atoms with van der Waals surface area (Å²) in [5.41, 5.74) is 2.27. The van der Waals surface area contributed by atoms with Crippen LogP contribution in [-0.4, -0.2) is 40.2 Å². The Bertz CT molecular complexity index is 1240. The molecule has 2 heterocycles. The van der Waals surface area contributed by atoms with E-state index < -0.39 is 11.7 Å². The van der Waals surface area contributed by atoms with Gasteiger partial charge in [0, 0.05) is 36.6 Å². The first kappa shape index (κ1) is 23.3. The number of halogens is 2. The van der Waals surface area contributed by atoms with Crippen molar-refractivity contribution in [1.29, 1.82) is 0 Å². The van der Waals surface area contributed by atoms with Crippen molar-refractivity contribution in [3.05, 3.63) is 80.5 Å². The van der Waals surface area contributed by atoms with Gasteiger partial charge in [-0.1, -0.05) is 41.6 Å². The predicted octanol–water partition coefficient (Wildman–Crippen LogP) is 3.86. The number of aromatic nitrogens is 2. The number of benzene rings is 2. The van der Waals surface area contributed by atoms with Gasteiger partial charge in [-0.15, -0.1) is 0 Å². The number of methoxy groups -OCH3 is 1. The van der Waals surface area contributed by atoms with Gasteiger partial charge < -0.3 is 15.0 Å². The summed E-state index contributed by atoms with van der Waals surface area (Å²) in [6, 6.07) is 11.8. The van der Waals surface area contributed by atoms with E-state index in [2.05, 4.69) is 20.2 Å². The van der Waals surface area contributed by atoms with E-state index in [1.54, 1.807) is 7.11 Å². The summed E-state index contributed by atoms with van der Waals surface area (Å²) < 4.78 is 19.3. The Morgan fingerprint density at radius 3 is 2.94 bits per heavy atom. The molecule has 0 radical (unpaired) electrons. The van der Waals surface area contributed by atoms with E-state index in [1.807, 2.05) is 24.3 Å². The van der Waals surface area contributed by atoms with Crippen LogP contribution < -0.4 is 15.6 Å². The third-order valence-corrected chi connectivity index (χ3v) is 6.37. The maximum Gasteiger partial charge on any atom is 0.256 e. The summed E-state index contributed by atoms with van der Waals surface area (Å²) >= 11 is 6.82. The highest BCUT2D eigenvalue weighted by atomic mass is 35.5. The number of hydrogen-bond acceptors (Lipinski definition) is 6. The number of fused-ring (bicyclic) bond motifs is 1. The monoisotopic (exact) mass is 488 g/mol. The third-order valence-electron chi connectivity index (χ3n) is 5.26. The van der Waals surface area contributed by atoms with Crippen LogP contribution in [0.5, 0.6) is 5.75 Å². The molecule has 0 saturated carbocycles. The highest BCUT2D eigenvalue weighted by Gasteiger charge is 2.22. The van der Waals surface area contributed by atoms with E-state index >= 15 is 0 Å². The number of thioether (sulfide) groups is 1. The van der Waals surface area contributed by atoms with Crippen LogP contribution in [0.15, 0.2) is 52.4 Å². The second-order valence-electron chi connectivity index (χ2n) is 7.53. The van der Waals surface area contributed by atoms with Gasteiger partial charge in [0.1, 0.15) is 11.6 Å². The Hall–Kier alpha value is -2.88. The van der Waals surface area contributed by atoms with Crippen LogP contribution in [0.25, 0.3) is 0 Å². The molecule has 33 heavy (non-hydrogen) atoms. The van der Waals surface area contributed by atoms with E-state index in [1.165, 1.54) is 12.1 Å². The Morgan fingerprint density at radius 1 is 1.33 bits per heavy atom. The molecule has 3 aromatic rings. The summed E-state index contributed by atoms with van der Waals surface area (Å²) in [5.74, 6) is -0.230. The van der Waals surface area contributed by atoms with Gasteiger partial charge in [0.25, 0.3) is 5.56 Å². The van der Waals surface area contributed by atoms with Crippen molar-refractivity contribution in [1.82, 2.24) is 14.9 Å². The number of para-hydroxylation sites is 1. The van der Waals surface area contributed by atoms with Crippen molar-refractivity contribution in [2.45, 2.75) is 24.7 Å². The van der Waals surface area contributed by atoms with Crippen LogP contribution in [0, 0.1) is 5.82 Å². The molecule has 0 atom stereocenters. The lowest BCUT2D eigenvalue weighted by atomic mass is 10.1. The molecule has 1 aromatic heterocycles. The molecule has 2 aromatic carbocycles. The first-order valence-electron chi connectivity index (χ1n) is 10.3. The Morgan fingerprint density at radius 2 is 2.15 bits per heavy atom. The molecule has 0 unspecified atom stereocenters. The van der Waals surface area contributed by atoms with Crippen molar-refractivity contribution >= 4 is 35.0 Å². The molecule has 1 amide bonds. The molecule has 0 bridgehead atoms. The van der Waals surface area contributed by atoms with Gasteiger partial charge in [0.2, 0.25) is 5.91 Å². The molecule has 0 saturated heterocycles. The molecule has 0 spiro atoms. The van der Waals surface area contributed by atoms with E-state index in [-0.39, 0.29) is 22.0 Å². The van der Waals surface area contributed by atoms with Crippen LogP contribution in [-0.2, 0) is 24.3 Å². The molecule has 1 aliphatic heterocycles. The molecule has 2 N–H and O–H groups in total. The molecule has 1 aliphatic rings. The van der Waals surface area contributed by atoms with E-state index in [0.29, 0.717) is 30.2 Å². The number of nitrogens with one attached hydrogen (secondary N) is 2. The van der Waals surface area contributed by atoms with Gasteiger partial charge in [-0.3, -0.25) is 14.5 Å². The average molecular weight is 489 g/mol. The largest absolute Gasteiger partial charge is 0.496 e. The van der Waals surface area contributed by atoms with Gasteiger partial charge in [-0.25, -0.2) is 9.37 Å². The molecular formula is C23H22ClFN4O3S. The summed E-state index contributed by atoms with van der Waals surface area (Å²) in [7, 11) is 1.64. The average Bonchev–Trinajstić information content (AvgIpc) is 2.80. The van der Waals surface area contributed by atoms with Gasteiger partial charge >= 0.3 is 0 Å². The summed E-state index contributed by atoms with van der Waals surface area (Å²) in [5, 5.41) is 3.10. The minimum absolute atomic E-state index is 0.0241. The second kappa shape index (κ2) is 10.4. The number of aromatic amines is 1. The van der Waals surface area contributed by atoms with Crippen molar-refractivity contribution in [2.24, 2.45) is 0 Å². The minimum Gasteiger partial charge on any atom is -0.496 e. The number of hydrogen-bond donors (Lipinski definition) is 2. The standard InChI is InChI=1S/C23H22ClFN4O3S/c1-32-20-5-3-2-4-14(20)11-29-9-8-18-16(12-29)22(31)28-23(27-18)33-13-21(30)26-19-7-6-15(24)10-17(19)25/h2-7,10H,8-9,11-13H2,1H3,(H,26,30)(H,27,28,31). The number of carbonyl (C=O) groups is 1. The zero-order chi connectivity index (χ0) is 23.4. The van der Waals surface area contributed by atoms with Gasteiger partial charge in [0.15, 0.2) is 5.16 Å². The number of rotatable bonds is 7. The maximum atomic E-state index is 13.9. The van der Waals surface area contributed by atoms with Crippen LogP contribution in [0.4, 0.5) is 10.1 Å². The van der Waals surface area contributed by atoms with E-state index in [0.717, 1.165) is 41.4 Å². The number of amides is 1. The van der Waals surface area contributed by atoms with Crippen LogP contribution in [0.2, 0.25) is 5.02 Å². The van der Waals surface area contributed by atoms with Crippen molar-refractivity contribution in [2.75, 3.05) is 24.7 Å². The fourth-order valence-electron chi connectivity index (χ4n) is 3.65. The van der Waals surface area contributed by atoms with Gasteiger partial charge in [-0.2, -0.15) is 0 Å². The number of anilines is 1. The molecule has 0 aliphatic carbocycles. The van der Waals surface area contributed by atoms with Crippen molar-refractivity contribution in [3.63, 3.8) is 0 Å². The number of carbonyl (C=O) groups excluding carboxylic acids is 1. The summed E-state index contributed by atoms with van der Waals surface area (Å²) in [4.78, 5) is 34.4. The lowest BCUT2D eigenvalue weighted by Crippen LogP contribution is -2.35. The predicted molar refractivity (Wildman–Crippen MR) is 126 cm³/mol. The zero-order valence-electron chi connectivity index (χ0n) is 17.9. The molecule has 10 heteroatoms. The highest BCUT2D eigenvalue weighted by molar-refractivity contribution is 7.99. The molecular weight excluding hydrogens is 467 g/mol. The van der Waals surface area contributed by atoms with Gasteiger partial charge in [-0.05, 0) is 24.3 Å². The number of H-pyrrole nitrogens is 1. The zero-order valence-corrected chi connectivity index (χ0v) is 19.4. The second-order valence-corrected chi connectivity index (χ2v) is 8.93. The smallest absolute Gasteiger partial charge is 0.256 e. The molecule has 7 nitrogen and oxygen atoms in total. The quantitative estimate of drug-likeness (QED) is 0.388. The van der Waals surface area contributed by atoms with Crippen LogP contribution >= 0.6 is 23.4 Å². The third kappa shape index (κ3) is 5.73. The van der Waals surface area contributed by atoms with Crippen LogP contribution in [0.3, 0.4) is 0 Å². The van der Waals surface area contributed by atoms with E-state index in [9.17, 15) is 14.0 Å². The summed E-state index contributed by atoms with van der Waals surface area (Å²) in [6.07, 6.45) is 0.629. The molecule has 0 fully saturated rings. The van der Waals surface area contributed by atoms with Crippen molar-refractivity contribution in [3.8, 4) is 5.75 Å². The number of ether oxygens (including phenoxy) is 1. The Kier molecular flexibility index (Phi) is 7.32. The Labute approximate surface area is 199 Å². The van der Waals surface area contributed by atoms with Crippen LogP contribution in [0.1, 0.15) is 16.8 Å². The maximum absolute atomic E-state index is 13.9. The van der Waals surface area contributed by atoms with Crippen molar-refractivity contribution < 1.29 is 13.9 Å².